The fraction of sp³-hybridized carbons (Fsp3) is 0.211. The first-order valence-electron chi connectivity index (χ1n) is 7.94. The molecule has 1 aromatic heterocycles. The minimum atomic E-state index is -0.719. The number of aromatic nitrogens is 2. The number of benzene rings is 2. The predicted octanol–water partition coefficient (Wildman–Crippen LogP) is 3.67. The number of ether oxygens (including phenoxy) is 3. The third-order valence-corrected chi connectivity index (χ3v) is 3.72. The van der Waals surface area contributed by atoms with Gasteiger partial charge in [0.2, 0.25) is 5.89 Å². The molecule has 1 atom stereocenters. The summed E-state index contributed by atoms with van der Waals surface area (Å²) in [5.41, 5.74) is 1.04. The smallest absolute Gasteiger partial charge is 0.342 e. The predicted molar refractivity (Wildman–Crippen MR) is 93.1 cm³/mol. The van der Waals surface area contributed by atoms with Crippen LogP contribution in [0.2, 0.25) is 0 Å². The van der Waals surface area contributed by atoms with E-state index in [2.05, 4.69) is 10.2 Å². The highest BCUT2D eigenvalue weighted by Crippen LogP contribution is 2.32. The van der Waals surface area contributed by atoms with Crippen molar-refractivity contribution in [2.45, 2.75) is 13.0 Å². The van der Waals surface area contributed by atoms with Gasteiger partial charge in [-0.05, 0) is 31.2 Å². The lowest BCUT2D eigenvalue weighted by atomic mass is 10.2. The second kappa shape index (κ2) is 7.69. The van der Waals surface area contributed by atoms with Gasteiger partial charge in [0.15, 0.2) is 17.6 Å². The van der Waals surface area contributed by atoms with E-state index in [4.69, 9.17) is 18.6 Å². The lowest BCUT2D eigenvalue weighted by Gasteiger charge is -2.13. The molecular weight excluding hydrogens is 336 g/mol. The van der Waals surface area contributed by atoms with Crippen molar-refractivity contribution in [2.75, 3.05) is 14.2 Å². The summed E-state index contributed by atoms with van der Waals surface area (Å²) in [5, 5.41) is 7.96. The highest BCUT2D eigenvalue weighted by atomic mass is 16.6. The van der Waals surface area contributed by atoms with Crippen LogP contribution in [0.4, 0.5) is 0 Å². The van der Waals surface area contributed by atoms with Gasteiger partial charge >= 0.3 is 5.97 Å². The third-order valence-electron chi connectivity index (χ3n) is 3.72. The molecule has 1 unspecified atom stereocenters. The average Bonchev–Trinajstić information content (AvgIpc) is 3.18. The van der Waals surface area contributed by atoms with E-state index < -0.39 is 12.1 Å². The van der Waals surface area contributed by atoms with Crippen LogP contribution in [-0.4, -0.2) is 30.4 Å². The first kappa shape index (κ1) is 17.5. The monoisotopic (exact) mass is 354 g/mol. The molecule has 0 aliphatic rings. The van der Waals surface area contributed by atoms with Gasteiger partial charge in [0.05, 0.1) is 14.2 Å². The number of carbonyl (C=O) groups excluding carboxylic acids is 1. The van der Waals surface area contributed by atoms with Crippen LogP contribution >= 0.6 is 0 Å². The summed E-state index contributed by atoms with van der Waals surface area (Å²) >= 11 is 0. The molecule has 0 amide bonds. The second-order valence-corrected chi connectivity index (χ2v) is 5.40. The Bertz CT molecular complexity index is 892. The molecule has 0 saturated heterocycles. The maximum Gasteiger partial charge on any atom is 0.342 e. The molecule has 134 valence electrons. The SMILES string of the molecule is COc1cccc(C(=O)OC(C)c2nnc(-c3ccccc3)o2)c1OC. The number of rotatable bonds is 6. The van der Waals surface area contributed by atoms with Crippen molar-refractivity contribution in [3.63, 3.8) is 0 Å². The average molecular weight is 354 g/mol. The van der Waals surface area contributed by atoms with Crippen molar-refractivity contribution in [1.82, 2.24) is 10.2 Å². The number of nitrogens with zero attached hydrogens (tertiary/aromatic N) is 2. The fourth-order valence-electron chi connectivity index (χ4n) is 2.42. The molecule has 1 heterocycles. The summed E-state index contributed by atoms with van der Waals surface area (Å²) in [7, 11) is 2.96. The molecule has 0 radical (unpaired) electrons. The Morgan fingerprint density at radius 3 is 2.46 bits per heavy atom. The summed E-state index contributed by atoms with van der Waals surface area (Å²) in [6.45, 7) is 1.66. The van der Waals surface area contributed by atoms with E-state index in [-0.39, 0.29) is 11.5 Å². The quantitative estimate of drug-likeness (QED) is 0.624. The van der Waals surface area contributed by atoms with Crippen LogP contribution in [0.3, 0.4) is 0 Å². The van der Waals surface area contributed by atoms with Gasteiger partial charge in [-0.2, -0.15) is 0 Å². The van der Waals surface area contributed by atoms with E-state index in [1.54, 1.807) is 25.1 Å². The Hall–Kier alpha value is -3.35. The third kappa shape index (κ3) is 3.51. The zero-order valence-corrected chi connectivity index (χ0v) is 14.6. The summed E-state index contributed by atoms with van der Waals surface area (Å²) in [6.07, 6.45) is -0.719. The molecule has 0 bridgehead atoms. The maximum atomic E-state index is 12.5. The Balaban J connectivity index is 1.77. The Morgan fingerprint density at radius 2 is 1.77 bits per heavy atom. The number of carbonyl (C=O) groups is 1. The zero-order chi connectivity index (χ0) is 18.5. The molecule has 0 aliphatic heterocycles. The first-order chi connectivity index (χ1) is 12.6. The Labute approximate surface area is 150 Å². The largest absolute Gasteiger partial charge is 0.493 e. The van der Waals surface area contributed by atoms with E-state index in [1.165, 1.54) is 14.2 Å². The van der Waals surface area contributed by atoms with Gasteiger partial charge in [-0.15, -0.1) is 10.2 Å². The molecule has 7 nitrogen and oxygen atoms in total. The van der Waals surface area contributed by atoms with Gasteiger partial charge in [0.25, 0.3) is 5.89 Å². The molecule has 0 aliphatic carbocycles. The van der Waals surface area contributed by atoms with Crippen molar-refractivity contribution in [3.8, 4) is 23.0 Å². The summed E-state index contributed by atoms with van der Waals surface area (Å²) in [4.78, 5) is 12.5. The Kier molecular flexibility index (Phi) is 5.17. The van der Waals surface area contributed by atoms with Crippen molar-refractivity contribution < 1.29 is 23.4 Å². The minimum absolute atomic E-state index is 0.207. The fourth-order valence-corrected chi connectivity index (χ4v) is 2.42. The standard InChI is InChI=1S/C19H18N2O5/c1-12(17-20-21-18(26-17)13-8-5-4-6-9-13)25-19(22)14-10-7-11-15(23-2)16(14)24-3/h4-12H,1-3H3. The number of hydrogen-bond acceptors (Lipinski definition) is 7. The first-order valence-corrected chi connectivity index (χ1v) is 7.94. The van der Waals surface area contributed by atoms with Crippen molar-refractivity contribution in [1.29, 1.82) is 0 Å². The highest BCUT2D eigenvalue weighted by Gasteiger charge is 2.23. The number of esters is 1. The van der Waals surface area contributed by atoms with Crippen LogP contribution in [0.25, 0.3) is 11.5 Å². The van der Waals surface area contributed by atoms with Crippen LogP contribution in [0.15, 0.2) is 52.9 Å². The van der Waals surface area contributed by atoms with Gasteiger partial charge in [-0.3, -0.25) is 0 Å². The van der Waals surface area contributed by atoms with Crippen LogP contribution in [0.5, 0.6) is 11.5 Å². The molecular formula is C19H18N2O5. The molecule has 0 saturated carbocycles. The Morgan fingerprint density at radius 1 is 1.00 bits per heavy atom. The summed E-state index contributed by atoms with van der Waals surface area (Å²) < 4.78 is 21.5. The lowest BCUT2D eigenvalue weighted by molar-refractivity contribution is 0.0276. The van der Waals surface area contributed by atoms with E-state index in [0.29, 0.717) is 17.4 Å². The molecule has 0 N–H and O–H groups in total. The van der Waals surface area contributed by atoms with Gasteiger partial charge in [-0.25, -0.2) is 4.79 Å². The molecule has 7 heteroatoms. The number of hydrogen-bond donors (Lipinski definition) is 0. The summed E-state index contributed by atoms with van der Waals surface area (Å²) in [5.74, 6) is 0.746. The molecule has 0 spiro atoms. The molecule has 3 aromatic rings. The van der Waals surface area contributed by atoms with Crippen molar-refractivity contribution in [3.05, 3.63) is 60.0 Å². The zero-order valence-electron chi connectivity index (χ0n) is 14.6. The van der Waals surface area contributed by atoms with Gasteiger partial charge < -0.3 is 18.6 Å². The number of para-hydroxylation sites is 1. The number of methoxy groups -OCH3 is 2. The lowest BCUT2D eigenvalue weighted by Crippen LogP contribution is -2.11. The molecule has 3 rings (SSSR count). The van der Waals surface area contributed by atoms with Gasteiger partial charge in [0, 0.05) is 5.56 Å². The molecule has 0 fully saturated rings. The van der Waals surface area contributed by atoms with Gasteiger partial charge in [0.1, 0.15) is 5.56 Å². The maximum absolute atomic E-state index is 12.5. The van der Waals surface area contributed by atoms with Crippen molar-refractivity contribution in [2.24, 2.45) is 0 Å². The molecule has 2 aromatic carbocycles. The van der Waals surface area contributed by atoms with Crippen LogP contribution < -0.4 is 9.47 Å². The summed E-state index contributed by atoms with van der Waals surface area (Å²) in [6, 6.07) is 14.3. The molecule has 26 heavy (non-hydrogen) atoms. The van der Waals surface area contributed by atoms with Crippen LogP contribution in [0.1, 0.15) is 29.3 Å². The second-order valence-electron chi connectivity index (χ2n) is 5.40. The van der Waals surface area contributed by atoms with E-state index in [0.717, 1.165) is 5.56 Å². The topological polar surface area (TPSA) is 83.7 Å². The minimum Gasteiger partial charge on any atom is -0.493 e. The normalized spacial score (nSPS) is 11.7. The van der Waals surface area contributed by atoms with E-state index in [9.17, 15) is 4.79 Å². The van der Waals surface area contributed by atoms with E-state index >= 15 is 0 Å². The van der Waals surface area contributed by atoms with Crippen LogP contribution in [-0.2, 0) is 4.74 Å². The highest BCUT2D eigenvalue weighted by molar-refractivity contribution is 5.93. The van der Waals surface area contributed by atoms with Crippen LogP contribution in [0, 0.1) is 0 Å². The van der Waals surface area contributed by atoms with E-state index in [1.807, 2.05) is 30.3 Å². The van der Waals surface area contributed by atoms with Crippen molar-refractivity contribution >= 4 is 5.97 Å². The van der Waals surface area contributed by atoms with Gasteiger partial charge in [-0.1, -0.05) is 24.3 Å².